The minimum absolute atomic E-state index is 0.418. The van der Waals surface area contributed by atoms with Crippen LogP contribution in [0.5, 0.6) is 0 Å². The van der Waals surface area contributed by atoms with E-state index in [4.69, 9.17) is 10.2 Å². The molecule has 5 nitrogen and oxygen atoms in total. The average molecular weight is 219 g/mol. The van der Waals surface area contributed by atoms with Crippen LogP contribution < -0.4 is 11.1 Å². The van der Waals surface area contributed by atoms with Gasteiger partial charge >= 0.3 is 0 Å². The van der Waals surface area contributed by atoms with E-state index in [0.717, 1.165) is 11.1 Å². The number of fused-ring (bicyclic) bond motifs is 1. The van der Waals surface area contributed by atoms with E-state index in [1.165, 1.54) is 0 Å². The highest BCUT2D eigenvalue weighted by Gasteiger charge is 2.16. The van der Waals surface area contributed by atoms with Crippen LogP contribution in [0.3, 0.4) is 0 Å². The number of aromatic nitrogens is 1. The van der Waals surface area contributed by atoms with Crippen molar-refractivity contribution in [2.24, 2.45) is 5.73 Å². The van der Waals surface area contributed by atoms with Crippen LogP contribution >= 0.6 is 0 Å². The molecule has 0 saturated carbocycles. The number of likely N-dealkylation sites (N-methyl/N-ethyl adjacent to an activating group) is 1. The van der Waals surface area contributed by atoms with Gasteiger partial charge in [-0.25, -0.2) is 4.98 Å². The van der Waals surface area contributed by atoms with Crippen LogP contribution in [0.4, 0.5) is 0 Å². The number of aryl methyl sites for hydroxylation is 1. The Kier molecular flexibility index (Phi) is 2.62. The van der Waals surface area contributed by atoms with Gasteiger partial charge in [-0.3, -0.25) is 4.79 Å². The Morgan fingerprint density at radius 3 is 2.94 bits per heavy atom. The number of rotatable bonds is 3. The molecule has 2 rings (SSSR count). The predicted octanol–water partition coefficient (Wildman–Crippen LogP) is 0.882. The Morgan fingerprint density at radius 1 is 1.56 bits per heavy atom. The van der Waals surface area contributed by atoms with Gasteiger partial charge in [0.25, 0.3) is 0 Å². The summed E-state index contributed by atoms with van der Waals surface area (Å²) < 4.78 is 5.39. The van der Waals surface area contributed by atoms with Crippen molar-refractivity contribution < 1.29 is 9.21 Å². The number of benzene rings is 1. The molecule has 0 saturated heterocycles. The van der Waals surface area contributed by atoms with Crippen molar-refractivity contribution in [3.05, 3.63) is 29.7 Å². The lowest BCUT2D eigenvalue weighted by atomic mass is 10.1. The van der Waals surface area contributed by atoms with E-state index >= 15 is 0 Å². The molecule has 1 amide bonds. The first-order valence-electron chi connectivity index (χ1n) is 4.95. The molecule has 84 valence electrons. The number of amides is 1. The van der Waals surface area contributed by atoms with Crippen LogP contribution in [0.1, 0.15) is 17.5 Å². The van der Waals surface area contributed by atoms with Crippen molar-refractivity contribution in [1.29, 1.82) is 0 Å². The van der Waals surface area contributed by atoms with E-state index in [9.17, 15) is 4.79 Å². The number of carbonyl (C=O) groups is 1. The number of nitrogens with zero attached hydrogens (tertiary/aromatic N) is 1. The van der Waals surface area contributed by atoms with Gasteiger partial charge in [-0.1, -0.05) is 6.07 Å². The number of oxazole rings is 1. The SMILES string of the molecule is CNC(C(N)=O)c1ccc2nc(C)oc2c1. The molecular formula is C11H13N3O2. The van der Waals surface area contributed by atoms with Gasteiger partial charge in [-0.2, -0.15) is 0 Å². The third-order valence-corrected chi connectivity index (χ3v) is 2.43. The highest BCUT2D eigenvalue weighted by molar-refractivity contribution is 5.83. The maximum atomic E-state index is 11.2. The molecule has 1 atom stereocenters. The minimum Gasteiger partial charge on any atom is -0.441 e. The van der Waals surface area contributed by atoms with Crippen molar-refractivity contribution in [3.63, 3.8) is 0 Å². The lowest BCUT2D eigenvalue weighted by Crippen LogP contribution is -2.31. The molecule has 0 radical (unpaired) electrons. The van der Waals surface area contributed by atoms with Gasteiger partial charge in [0.1, 0.15) is 11.6 Å². The van der Waals surface area contributed by atoms with Gasteiger partial charge in [0.05, 0.1) is 0 Å². The summed E-state index contributed by atoms with van der Waals surface area (Å²) in [5, 5.41) is 2.85. The van der Waals surface area contributed by atoms with Crippen molar-refractivity contribution in [2.75, 3.05) is 7.05 Å². The lowest BCUT2D eigenvalue weighted by molar-refractivity contribution is -0.120. The molecule has 0 aliphatic carbocycles. The highest BCUT2D eigenvalue weighted by atomic mass is 16.3. The topological polar surface area (TPSA) is 81.1 Å². The number of carbonyl (C=O) groups excluding carboxylic acids is 1. The minimum atomic E-state index is -0.505. The van der Waals surface area contributed by atoms with Crippen LogP contribution in [0.2, 0.25) is 0 Å². The van der Waals surface area contributed by atoms with E-state index in [0.29, 0.717) is 11.5 Å². The Bertz CT molecular complexity index is 533. The fraction of sp³-hybridized carbons (Fsp3) is 0.273. The van der Waals surface area contributed by atoms with Gasteiger partial charge in [0, 0.05) is 6.92 Å². The van der Waals surface area contributed by atoms with Crippen molar-refractivity contribution in [3.8, 4) is 0 Å². The lowest BCUT2D eigenvalue weighted by Gasteiger charge is -2.11. The van der Waals surface area contributed by atoms with E-state index in [-0.39, 0.29) is 0 Å². The first kappa shape index (κ1) is 10.6. The molecule has 2 aromatic rings. The molecule has 16 heavy (non-hydrogen) atoms. The van der Waals surface area contributed by atoms with Gasteiger partial charge in [-0.15, -0.1) is 0 Å². The number of nitrogens with two attached hydrogens (primary N) is 1. The van der Waals surface area contributed by atoms with Crippen LogP contribution in [-0.4, -0.2) is 17.9 Å². The molecule has 1 aromatic carbocycles. The zero-order valence-electron chi connectivity index (χ0n) is 9.15. The zero-order chi connectivity index (χ0) is 11.7. The summed E-state index contributed by atoms with van der Waals surface area (Å²) in [5.41, 5.74) is 7.50. The quantitative estimate of drug-likeness (QED) is 0.803. The molecule has 1 aromatic heterocycles. The molecule has 1 unspecified atom stereocenters. The monoisotopic (exact) mass is 219 g/mol. The summed E-state index contributed by atoms with van der Waals surface area (Å²) >= 11 is 0. The fourth-order valence-electron chi connectivity index (χ4n) is 1.71. The normalized spacial score (nSPS) is 12.9. The standard InChI is InChI=1S/C11H13N3O2/c1-6-14-8-4-3-7(5-9(8)16-6)10(13-2)11(12)15/h3-5,10,13H,1-2H3,(H2,12,15). The second kappa shape index (κ2) is 3.94. The summed E-state index contributed by atoms with van der Waals surface area (Å²) in [7, 11) is 1.69. The van der Waals surface area contributed by atoms with Crippen molar-refractivity contribution in [1.82, 2.24) is 10.3 Å². The van der Waals surface area contributed by atoms with Gasteiger partial charge < -0.3 is 15.5 Å². The van der Waals surface area contributed by atoms with E-state index < -0.39 is 11.9 Å². The molecule has 0 aliphatic heterocycles. The fourth-order valence-corrected chi connectivity index (χ4v) is 1.71. The summed E-state index contributed by atoms with van der Waals surface area (Å²) in [4.78, 5) is 15.4. The molecule has 0 fully saturated rings. The molecule has 0 spiro atoms. The Morgan fingerprint density at radius 2 is 2.31 bits per heavy atom. The second-order valence-electron chi connectivity index (χ2n) is 3.58. The molecule has 5 heteroatoms. The molecule has 0 bridgehead atoms. The third-order valence-electron chi connectivity index (χ3n) is 2.43. The van der Waals surface area contributed by atoms with Crippen molar-refractivity contribution in [2.45, 2.75) is 13.0 Å². The highest BCUT2D eigenvalue weighted by Crippen LogP contribution is 2.20. The smallest absolute Gasteiger partial charge is 0.239 e. The summed E-state index contributed by atoms with van der Waals surface area (Å²) in [6.45, 7) is 1.78. The molecule has 3 N–H and O–H groups in total. The van der Waals surface area contributed by atoms with Crippen LogP contribution in [0, 0.1) is 6.92 Å². The van der Waals surface area contributed by atoms with Crippen LogP contribution in [0.15, 0.2) is 22.6 Å². The van der Waals surface area contributed by atoms with Gasteiger partial charge in [-0.05, 0) is 24.7 Å². The van der Waals surface area contributed by atoms with Crippen LogP contribution in [-0.2, 0) is 4.79 Å². The summed E-state index contributed by atoms with van der Waals surface area (Å²) in [6, 6.07) is 4.90. The first-order chi connectivity index (χ1) is 7.61. The Hall–Kier alpha value is -1.88. The summed E-state index contributed by atoms with van der Waals surface area (Å²) in [5.74, 6) is 0.185. The zero-order valence-corrected chi connectivity index (χ0v) is 9.15. The van der Waals surface area contributed by atoms with Gasteiger partial charge in [0.15, 0.2) is 11.5 Å². The van der Waals surface area contributed by atoms with Crippen LogP contribution in [0.25, 0.3) is 11.1 Å². The maximum Gasteiger partial charge on any atom is 0.239 e. The van der Waals surface area contributed by atoms with Crippen molar-refractivity contribution >= 4 is 17.0 Å². The molecule has 1 heterocycles. The number of nitrogens with one attached hydrogen (secondary N) is 1. The van der Waals surface area contributed by atoms with E-state index in [2.05, 4.69) is 10.3 Å². The predicted molar refractivity (Wildman–Crippen MR) is 59.7 cm³/mol. The molecular weight excluding hydrogens is 206 g/mol. The maximum absolute atomic E-state index is 11.2. The summed E-state index contributed by atoms with van der Waals surface area (Å²) in [6.07, 6.45) is 0. The number of primary amides is 1. The Balaban J connectivity index is 2.48. The third kappa shape index (κ3) is 1.77. The number of hydrogen-bond acceptors (Lipinski definition) is 4. The van der Waals surface area contributed by atoms with Gasteiger partial charge in [0.2, 0.25) is 5.91 Å². The van der Waals surface area contributed by atoms with E-state index in [1.54, 1.807) is 20.0 Å². The second-order valence-corrected chi connectivity index (χ2v) is 3.58. The number of hydrogen-bond donors (Lipinski definition) is 2. The Labute approximate surface area is 92.6 Å². The molecule has 0 aliphatic rings. The first-order valence-corrected chi connectivity index (χ1v) is 4.95. The average Bonchev–Trinajstić information content (AvgIpc) is 2.57. The van der Waals surface area contributed by atoms with E-state index in [1.807, 2.05) is 12.1 Å². The largest absolute Gasteiger partial charge is 0.441 e.